The van der Waals surface area contributed by atoms with E-state index in [0.717, 1.165) is 33.7 Å². The van der Waals surface area contributed by atoms with Gasteiger partial charge in [-0.1, -0.05) is 23.7 Å². The molecule has 118 valence electrons. The first-order valence-electron chi connectivity index (χ1n) is 7.26. The first-order valence-corrected chi connectivity index (χ1v) is 8.45. The SMILES string of the molecule is COc1ccc(-c2nc(NCc3ccc(Cl)cc3)sc2C)cc1. The maximum absolute atomic E-state index is 5.90. The fourth-order valence-electron chi connectivity index (χ4n) is 2.27. The molecule has 3 rings (SSSR count). The summed E-state index contributed by atoms with van der Waals surface area (Å²) in [5.41, 5.74) is 3.28. The first-order chi connectivity index (χ1) is 11.2. The van der Waals surface area contributed by atoms with Crippen LogP contribution < -0.4 is 10.1 Å². The van der Waals surface area contributed by atoms with Crippen molar-refractivity contribution < 1.29 is 4.74 Å². The van der Waals surface area contributed by atoms with Crippen LogP contribution in [0.15, 0.2) is 48.5 Å². The Balaban J connectivity index is 1.73. The molecule has 23 heavy (non-hydrogen) atoms. The maximum atomic E-state index is 5.90. The molecule has 0 radical (unpaired) electrons. The number of aromatic nitrogens is 1. The van der Waals surface area contributed by atoms with Crippen LogP contribution in [-0.2, 0) is 6.54 Å². The lowest BCUT2D eigenvalue weighted by Gasteiger charge is -2.03. The number of aryl methyl sites for hydroxylation is 1. The van der Waals surface area contributed by atoms with Crippen molar-refractivity contribution in [1.29, 1.82) is 0 Å². The third-order valence-electron chi connectivity index (χ3n) is 3.52. The molecule has 1 N–H and O–H groups in total. The summed E-state index contributed by atoms with van der Waals surface area (Å²) < 4.78 is 5.20. The van der Waals surface area contributed by atoms with E-state index in [4.69, 9.17) is 21.3 Å². The molecule has 0 spiro atoms. The quantitative estimate of drug-likeness (QED) is 0.673. The second kappa shape index (κ2) is 7.02. The summed E-state index contributed by atoms with van der Waals surface area (Å²) in [7, 11) is 1.67. The summed E-state index contributed by atoms with van der Waals surface area (Å²) in [4.78, 5) is 5.90. The molecule has 1 heterocycles. The van der Waals surface area contributed by atoms with Crippen LogP contribution in [-0.4, -0.2) is 12.1 Å². The van der Waals surface area contributed by atoms with E-state index in [1.165, 1.54) is 10.4 Å². The molecule has 0 fully saturated rings. The highest BCUT2D eigenvalue weighted by atomic mass is 35.5. The van der Waals surface area contributed by atoms with Crippen molar-refractivity contribution in [1.82, 2.24) is 4.98 Å². The van der Waals surface area contributed by atoms with E-state index in [2.05, 4.69) is 12.2 Å². The van der Waals surface area contributed by atoms with Gasteiger partial charge in [-0.2, -0.15) is 0 Å². The van der Waals surface area contributed by atoms with Crippen LogP contribution in [0.1, 0.15) is 10.4 Å². The van der Waals surface area contributed by atoms with Gasteiger partial charge in [0.1, 0.15) is 5.75 Å². The van der Waals surface area contributed by atoms with Crippen molar-refractivity contribution in [2.24, 2.45) is 0 Å². The number of nitrogens with zero attached hydrogens (tertiary/aromatic N) is 1. The monoisotopic (exact) mass is 344 g/mol. The summed E-state index contributed by atoms with van der Waals surface area (Å²) in [6, 6.07) is 15.8. The highest BCUT2D eigenvalue weighted by Gasteiger charge is 2.10. The topological polar surface area (TPSA) is 34.1 Å². The Hall–Kier alpha value is -2.04. The predicted molar refractivity (Wildman–Crippen MR) is 97.6 cm³/mol. The second-order valence-corrected chi connectivity index (χ2v) is 6.77. The van der Waals surface area contributed by atoms with Gasteiger partial charge in [0.15, 0.2) is 5.13 Å². The van der Waals surface area contributed by atoms with E-state index >= 15 is 0 Å². The molecule has 0 aliphatic rings. The fourth-order valence-corrected chi connectivity index (χ4v) is 3.23. The summed E-state index contributed by atoms with van der Waals surface area (Å²) in [6.07, 6.45) is 0. The van der Waals surface area contributed by atoms with Gasteiger partial charge in [0.25, 0.3) is 0 Å². The smallest absolute Gasteiger partial charge is 0.183 e. The van der Waals surface area contributed by atoms with Crippen molar-refractivity contribution in [3.63, 3.8) is 0 Å². The van der Waals surface area contributed by atoms with Crippen molar-refractivity contribution >= 4 is 28.1 Å². The molecule has 0 unspecified atom stereocenters. The normalized spacial score (nSPS) is 10.6. The lowest BCUT2D eigenvalue weighted by molar-refractivity contribution is 0.415. The Labute approximate surface area is 144 Å². The zero-order chi connectivity index (χ0) is 16.2. The lowest BCUT2D eigenvalue weighted by atomic mass is 10.1. The van der Waals surface area contributed by atoms with Gasteiger partial charge in [-0.25, -0.2) is 4.98 Å². The molecule has 0 bridgehead atoms. The predicted octanol–water partition coefficient (Wildman–Crippen LogP) is 5.39. The molecule has 0 atom stereocenters. The minimum absolute atomic E-state index is 0.728. The van der Waals surface area contributed by atoms with E-state index in [0.29, 0.717) is 0 Å². The highest BCUT2D eigenvalue weighted by molar-refractivity contribution is 7.16. The van der Waals surface area contributed by atoms with Crippen molar-refractivity contribution in [2.45, 2.75) is 13.5 Å². The molecule has 0 saturated carbocycles. The number of hydrogen-bond acceptors (Lipinski definition) is 4. The Bertz CT molecular complexity index is 782. The number of halogens is 1. The number of nitrogens with one attached hydrogen (secondary N) is 1. The van der Waals surface area contributed by atoms with Gasteiger partial charge in [-0.15, -0.1) is 11.3 Å². The van der Waals surface area contributed by atoms with Crippen molar-refractivity contribution in [3.05, 3.63) is 64.0 Å². The van der Waals surface area contributed by atoms with Gasteiger partial charge in [0.2, 0.25) is 0 Å². The van der Waals surface area contributed by atoms with Crippen molar-refractivity contribution in [3.8, 4) is 17.0 Å². The number of thiazole rings is 1. The Morgan fingerprint density at radius 3 is 2.43 bits per heavy atom. The minimum atomic E-state index is 0.728. The summed E-state index contributed by atoms with van der Waals surface area (Å²) in [5.74, 6) is 0.850. The molecule has 0 aliphatic heterocycles. The van der Waals surface area contributed by atoms with Crippen LogP contribution >= 0.6 is 22.9 Å². The van der Waals surface area contributed by atoms with E-state index in [9.17, 15) is 0 Å². The molecule has 5 heteroatoms. The van der Waals surface area contributed by atoms with Crippen LogP contribution in [0, 0.1) is 6.92 Å². The van der Waals surface area contributed by atoms with Crippen molar-refractivity contribution in [2.75, 3.05) is 12.4 Å². The fraction of sp³-hybridized carbons (Fsp3) is 0.167. The van der Waals surface area contributed by atoms with Crippen LogP contribution in [0.3, 0.4) is 0 Å². The highest BCUT2D eigenvalue weighted by Crippen LogP contribution is 2.31. The van der Waals surface area contributed by atoms with Gasteiger partial charge in [0.05, 0.1) is 12.8 Å². The second-order valence-electron chi connectivity index (χ2n) is 5.13. The Morgan fingerprint density at radius 2 is 1.78 bits per heavy atom. The molecule has 3 nitrogen and oxygen atoms in total. The summed E-state index contributed by atoms with van der Waals surface area (Å²) in [5, 5.41) is 5.04. The van der Waals surface area contributed by atoms with E-state index in [1.807, 2.05) is 48.5 Å². The number of methoxy groups -OCH3 is 1. The van der Waals surface area contributed by atoms with Crippen LogP contribution in [0.2, 0.25) is 5.02 Å². The van der Waals surface area contributed by atoms with E-state index in [1.54, 1.807) is 18.4 Å². The average Bonchev–Trinajstić information content (AvgIpc) is 2.95. The number of benzene rings is 2. The minimum Gasteiger partial charge on any atom is -0.497 e. The average molecular weight is 345 g/mol. The molecular formula is C18H17ClN2OS. The van der Waals surface area contributed by atoms with Crippen LogP contribution in [0.4, 0.5) is 5.13 Å². The van der Waals surface area contributed by atoms with Gasteiger partial charge in [0, 0.05) is 22.0 Å². The third kappa shape index (κ3) is 3.84. The molecule has 1 aromatic heterocycles. The van der Waals surface area contributed by atoms with Gasteiger partial charge < -0.3 is 10.1 Å². The Morgan fingerprint density at radius 1 is 1.09 bits per heavy atom. The molecule has 2 aromatic carbocycles. The largest absolute Gasteiger partial charge is 0.497 e. The Kier molecular flexibility index (Phi) is 4.84. The molecule has 3 aromatic rings. The van der Waals surface area contributed by atoms with Gasteiger partial charge >= 0.3 is 0 Å². The standard InChI is InChI=1S/C18H17ClN2OS/c1-12-17(14-5-9-16(22-2)10-6-14)21-18(23-12)20-11-13-3-7-15(19)8-4-13/h3-10H,11H2,1-2H3,(H,20,21). The zero-order valence-electron chi connectivity index (χ0n) is 13.0. The van der Waals surface area contributed by atoms with E-state index < -0.39 is 0 Å². The molecule has 0 saturated heterocycles. The zero-order valence-corrected chi connectivity index (χ0v) is 14.5. The van der Waals surface area contributed by atoms with Crippen LogP contribution in [0.5, 0.6) is 5.75 Å². The molecule has 0 amide bonds. The number of rotatable bonds is 5. The van der Waals surface area contributed by atoms with Gasteiger partial charge in [-0.05, 0) is 48.9 Å². The number of ether oxygens (including phenoxy) is 1. The van der Waals surface area contributed by atoms with Crippen LogP contribution in [0.25, 0.3) is 11.3 Å². The summed E-state index contributed by atoms with van der Waals surface area (Å²) in [6.45, 7) is 2.82. The third-order valence-corrected chi connectivity index (χ3v) is 4.70. The molecular weight excluding hydrogens is 328 g/mol. The number of hydrogen-bond donors (Lipinski definition) is 1. The maximum Gasteiger partial charge on any atom is 0.183 e. The number of anilines is 1. The molecule has 0 aliphatic carbocycles. The summed E-state index contributed by atoms with van der Waals surface area (Å²) >= 11 is 7.56. The van der Waals surface area contributed by atoms with E-state index in [-0.39, 0.29) is 0 Å². The van der Waals surface area contributed by atoms with Gasteiger partial charge in [-0.3, -0.25) is 0 Å². The lowest BCUT2D eigenvalue weighted by Crippen LogP contribution is -1.98. The first kappa shape index (κ1) is 15.8.